The SMILES string of the molecule is COc1ccc(CNC(=O)Cn2[nH]c(=O)c3ccccc3c2=O)cc1. The number of ether oxygens (including phenoxy) is 1. The van der Waals surface area contributed by atoms with E-state index < -0.39 is 11.1 Å². The van der Waals surface area contributed by atoms with Crippen LogP contribution in [0.4, 0.5) is 0 Å². The van der Waals surface area contributed by atoms with E-state index in [9.17, 15) is 14.4 Å². The number of fused-ring (bicyclic) bond motifs is 1. The van der Waals surface area contributed by atoms with Crippen molar-refractivity contribution >= 4 is 16.7 Å². The van der Waals surface area contributed by atoms with Gasteiger partial charge in [0.15, 0.2) is 0 Å². The van der Waals surface area contributed by atoms with Crippen molar-refractivity contribution in [2.24, 2.45) is 0 Å². The minimum atomic E-state index is -0.408. The minimum absolute atomic E-state index is 0.255. The molecule has 0 unspecified atom stereocenters. The van der Waals surface area contributed by atoms with Crippen LogP contribution in [0.3, 0.4) is 0 Å². The standard InChI is InChI=1S/C18H17N3O4/c1-25-13-8-6-12(7-9-13)10-19-16(22)11-21-18(24)15-5-3-2-4-14(15)17(23)20-21/h2-9H,10-11H2,1H3,(H,19,22)(H,20,23). The summed E-state index contributed by atoms with van der Waals surface area (Å²) in [6, 6.07) is 13.8. The van der Waals surface area contributed by atoms with E-state index in [0.717, 1.165) is 16.0 Å². The van der Waals surface area contributed by atoms with Gasteiger partial charge in [0.05, 0.1) is 17.9 Å². The number of H-pyrrole nitrogens is 1. The van der Waals surface area contributed by atoms with Gasteiger partial charge in [-0.25, -0.2) is 4.68 Å². The molecule has 0 atom stereocenters. The number of nitrogens with one attached hydrogen (secondary N) is 2. The maximum absolute atomic E-state index is 12.4. The van der Waals surface area contributed by atoms with Crippen LogP contribution in [0.5, 0.6) is 5.75 Å². The zero-order valence-corrected chi connectivity index (χ0v) is 13.6. The molecule has 2 N–H and O–H groups in total. The molecule has 1 amide bonds. The molecule has 3 aromatic rings. The molecule has 128 valence electrons. The Morgan fingerprint density at radius 2 is 1.76 bits per heavy atom. The van der Waals surface area contributed by atoms with Crippen molar-refractivity contribution in [1.29, 1.82) is 0 Å². The number of nitrogens with zero attached hydrogens (tertiary/aromatic N) is 1. The van der Waals surface area contributed by atoms with E-state index in [0.29, 0.717) is 11.9 Å². The summed E-state index contributed by atoms with van der Waals surface area (Å²) in [6.07, 6.45) is 0. The van der Waals surface area contributed by atoms with Crippen LogP contribution in [-0.4, -0.2) is 22.8 Å². The summed E-state index contributed by atoms with van der Waals surface area (Å²) in [6.45, 7) is 0.0600. The Hall–Kier alpha value is -3.35. The summed E-state index contributed by atoms with van der Waals surface area (Å²) in [7, 11) is 1.58. The first-order valence-electron chi connectivity index (χ1n) is 7.70. The Balaban J connectivity index is 1.72. The number of aromatic nitrogens is 2. The maximum Gasteiger partial charge on any atom is 0.273 e. The molecule has 0 fully saturated rings. The second kappa shape index (κ2) is 7.04. The van der Waals surface area contributed by atoms with E-state index >= 15 is 0 Å². The smallest absolute Gasteiger partial charge is 0.273 e. The lowest BCUT2D eigenvalue weighted by molar-refractivity contribution is -0.122. The molecule has 2 aromatic carbocycles. The lowest BCUT2D eigenvalue weighted by Crippen LogP contribution is -2.36. The predicted octanol–water partition coefficient (Wildman–Crippen LogP) is 1.01. The Kier molecular flexibility index (Phi) is 4.65. The van der Waals surface area contributed by atoms with Gasteiger partial charge < -0.3 is 10.1 Å². The van der Waals surface area contributed by atoms with Gasteiger partial charge in [-0.05, 0) is 29.8 Å². The summed E-state index contributed by atoms with van der Waals surface area (Å²) < 4.78 is 6.10. The van der Waals surface area contributed by atoms with Gasteiger partial charge in [-0.2, -0.15) is 0 Å². The molecule has 3 rings (SSSR count). The number of hydrogen-bond acceptors (Lipinski definition) is 4. The van der Waals surface area contributed by atoms with Crippen LogP contribution in [0.1, 0.15) is 5.56 Å². The number of amides is 1. The average molecular weight is 339 g/mol. The molecule has 0 aliphatic rings. The van der Waals surface area contributed by atoms with Crippen LogP contribution in [0, 0.1) is 0 Å². The molecule has 0 bridgehead atoms. The quantitative estimate of drug-likeness (QED) is 0.726. The number of benzene rings is 2. The molecule has 0 spiro atoms. The summed E-state index contributed by atoms with van der Waals surface area (Å²) >= 11 is 0. The minimum Gasteiger partial charge on any atom is -0.497 e. The monoisotopic (exact) mass is 339 g/mol. The maximum atomic E-state index is 12.4. The van der Waals surface area contributed by atoms with Crippen LogP contribution in [0.25, 0.3) is 10.8 Å². The zero-order chi connectivity index (χ0) is 17.8. The van der Waals surface area contributed by atoms with Crippen molar-refractivity contribution < 1.29 is 9.53 Å². The Morgan fingerprint density at radius 3 is 2.44 bits per heavy atom. The van der Waals surface area contributed by atoms with E-state index in [-0.39, 0.29) is 17.8 Å². The average Bonchev–Trinajstić information content (AvgIpc) is 2.64. The highest BCUT2D eigenvalue weighted by molar-refractivity contribution is 5.81. The van der Waals surface area contributed by atoms with Crippen molar-refractivity contribution in [2.75, 3.05) is 7.11 Å². The fourth-order valence-corrected chi connectivity index (χ4v) is 2.50. The fraction of sp³-hybridized carbons (Fsp3) is 0.167. The van der Waals surface area contributed by atoms with Gasteiger partial charge in [-0.1, -0.05) is 24.3 Å². The van der Waals surface area contributed by atoms with E-state index in [1.54, 1.807) is 43.5 Å². The van der Waals surface area contributed by atoms with Crippen molar-refractivity contribution in [1.82, 2.24) is 15.1 Å². The zero-order valence-electron chi connectivity index (χ0n) is 13.6. The second-order valence-electron chi connectivity index (χ2n) is 5.50. The Labute approximate surface area is 142 Å². The van der Waals surface area contributed by atoms with Gasteiger partial charge >= 0.3 is 0 Å². The van der Waals surface area contributed by atoms with Crippen molar-refractivity contribution in [3.63, 3.8) is 0 Å². The van der Waals surface area contributed by atoms with E-state index in [1.807, 2.05) is 12.1 Å². The molecule has 0 aliphatic carbocycles. The number of methoxy groups -OCH3 is 1. The molecular formula is C18H17N3O4. The normalized spacial score (nSPS) is 10.6. The van der Waals surface area contributed by atoms with Crippen molar-refractivity contribution in [3.05, 3.63) is 74.8 Å². The molecule has 7 nitrogen and oxygen atoms in total. The van der Waals surface area contributed by atoms with Gasteiger partial charge in [0.1, 0.15) is 12.3 Å². The molecular weight excluding hydrogens is 322 g/mol. The number of aromatic amines is 1. The van der Waals surface area contributed by atoms with Gasteiger partial charge in [-0.15, -0.1) is 0 Å². The first kappa shape index (κ1) is 16.5. The highest BCUT2D eigenvalue weighted by Gasteiger charge is 2.10. The van der Waals surface area contributed by atoms with Gasteiger partial charge in [0.25, 0.3) is 11.1 Å². The van der Waals surface area contributed by atoms with Crippen molar-refractivity contribution in [3.8, 4) is 5.75 Å². The first-order valence-corrected chi connectivity index (χ1v) is 7.70. The summed E-state index contributed by atoms with van der Waals surface area (Å²) in [4.78, 5) is 36.5. The first-order chi connectivity index (χ1) is 12.1. The Bertz CT molecular complexity index is 1020. The molecule has 0 saturated heterocycles. The number of carbonyl (C=O) groups excluding carboxylic acids is 1. The van der Waals surface area contributed by atoms with Gasteiger partial charge in [0.2, 0.25) is 5.91 Å². The molecule has 1 heterocycles. The highest BCUT2D eigenvalue weighted by atomic mass is 16.5. The molecule has 0 saturated carbocycles. The summed E-state index contributed by atoms with van der Waals surface area (Å²) in [5.41, 5.74) is 0.0847. The molecule has 0 radical (unpaired) electrons. The predicted molar refractivity (Wildman–Crippen MR) is 93.7 cm³/mol. The number of rotatable bonds is 5. The topological polar surface area (TPSA) is 93.2 Å². The van der Waals surface area contributed by atoms with Crippen molar-refractivity contribution in [2.45, 2.75) is 13.1 Å². The molecule has 25 heavy (non-hydrogen) atoms. The third-order valence-electron chi connectivity index (χ3n) is 3.83. The van der Waals surface area contributed by atoms with Crippen LogP contribution in [0.2, 0.25) is 0 Å². The second-order valence-corrected chi connectivity index (χ2v) is 5.50. The third kappa shape index (κ3) is 3.60. The van der Waals surface area contributed by atoms with Crippen LogP contribution in [0.15, 0.2) is 58.1 Å². The molecule has 7 heteroatoms. The molecule has 1 aromatic heterocycles. The number of carbonyl (C=O) groups is 1. The summed E-state index contributed by atoms with van der Waals surface area (Å²) in [5.74, 6) is 0.360. The lowest BCUT2D eigenvalue weighted by Gasteiger charge is -2.09. The third-order valence-corrected chi connectivity index (χ3v) is 3.83. The lowest BCUT2D eigenvalue weighted by atomic mass is 10.2. The van der Waals surface area contributed by atoms with E-state index in [1.165, 1.54) is 0 Å². The van der Waals surface area contributed by atoms with E-state index in [4.69, 9.17) is 4.74 Å². The van der Waals surface area contributed by atoms with Crippen LogP contribution in [-0.2, 0) is 17.9 Å². The van der Waals surface area contributed by atoms with Crippen LogP contribution < -0.4 is 21.2 Å². The van der Waals surface area contributed by atoms with Crippen LogP contribution >= 0.6 is 0 Å². The van der Waals surface area contributed by atoms with Gasteiger partial charge in [-0.3, -0.25) is 19.5 Å². The Morgan fingerprint density at radius 1 is 1.08 bits per heavy atom. The van der Waals surface area contributed by atoms with E-state index in [2.05, 4.69) is 10.4 Å². The van der Waals surface area contributed by atoms with Gasteiger partial charge in [0, 0.05) is 6.54 Å². The fourth-order valence-electron chi connectivity index (χ4n) is 2.50. The summed E-state index contributed by atoms with van der Waals surface area (Å²) in [5, 5.41) is 5.75. The largest absolute Gasteiger partial charge is 0.497 e. The number of hydrogen-bond donors (Lipinski definition) is 2. The molecule has 0 aliphatic heterocycles. The highest BCUT2D eigenvalue weighted by Crippen LogP contribution is 2.10.